The molecule has 0 aromatic heterocycles. The molecule has 0 atom stereocenters. The molecule has 314 valence electrons. The number of oxime groups is 1. The normalized spacial score (nSPS) is 8.53. The smallest absolute Gasteiger partial charge is 0.221 e. The minimum atomic E-state index is 0. The fraction of sp³-hybridized carbons (Fsp3) is 0.854. The molecule has 0 saturated heterocycles. The zero-order valence-electron chi connectivity index (χ0n) is 38.2. The van der Waals surface area contributed by atoms with E-state index in [0.717, 1.165) is 37.9 Å². The van der Waals surface area contributed by atoms with Crippen LogP contribution in [0.15, 0.2) is 16.8 Å². The standard InChI is InChI=1S/C6H12.4C5H11NO.C5H12O.C5H12.C4H11N.CH4/c1-4-5-6(2)3;1-4-5(7)6(2)3;2*1-4-6(3)5(2)7;1-4-7-6-5(2)3;1-4-6-5(2)3;2*1-4-5(2)3;/h5H,4H2,1-3H3;4*4H2,1-3H3;5H,4H2,1-3H3;5H,4H2,1-3H3;4H2,1-3H3;1H4. The molecule has 0 aromatic rings. The van der Waals surface area contributed by atoms with E-state index in [2.05, 4.69) is 83.5 Å². The molecule has 0 N–H and O–H groups in total. The summed E-state index contributed by atoms with van der Waals surface area (Å²) in [6.07, 6.45) is 5.69. The molecule has 0 aromatic carbocycles. The van der Waals surface area contributed by atoms with Gasteiger partial charge in [0.25, 0.3) is 0 Å². The third-order valence-electron chi connectivity index (χ3n) is 5.76. The largest absolute Gasteiger partial charge is 0.396 e. The highest BCUT2D eigenvalue weighted by Crippen LogP contribution is 1.94. The van der Waals surface area contributed by atoms with Crippen molar-refractivity contribution in [1.82, 2.24) is 19.6 Å². The van der Waals surface area contributed by atoms with Gasteiger partial charge in [-0.25, -0.2) is 0 Å². The number of nitrogens with zero attached hydrogens (tertiary/aromatic N) is 5. The second-order valence-corrected chi connectivity index (χ2v) is 12.6. The van der Waals surface area contributed by atoms with Crippen LogP contribution in [0.25, 0.3) is 0 Å². The van der Waals surface area contributed by atoms with Crippen LogP contribution in [0.5, 0.6) is 0 Å². The summed E-state index contributed by atoms with van der Waals surface area (Å²) >= 11 is 0. The van der Waals surface area contributed by atoms with Gasteiger partial charge in [-0.2, -0.15) is 0 Å². The van der Waals surface area contributed by atoms with E-state index < -0.39 is 0 Å². The first-order chi connectivity index (χ1) is 22.9. The Hall–Kier alpha value is -2.46. The third kappa shape index (κ3) is 113. The summed E-state index contributed by atoms with van der Waals surface area (Å²) in [5.74, 6) is 1.32. The average molecular weight is 738 g/mol. The SMILES string of the molecule is C.CCC(=O)N(C)C.CCC(C)C.CCC=C(C)C.CCN(C)C.CCN(C)C(C)=O.CCN(C)C(C)=O.CCOC(C)C.CCON=C(C)C. The van der Waals surface area contributed by atoms with Gasteiger partial charge in [0.2, 0.25) is 17.7 Å². The van der Waals surface area contributed by atoms with Crippen LogP contribution in [0.1, 0.15) is 151 Å². The Bertz CT molecular complexity index is 717. The maximum Gasteiger partial charge on any atom is 0.221 e. The Morgan fingerprint density at radius 1 is 0.647 bits per heavy atom. The molecule has 0 heterocycles. The number of hydrogen-bond acceptors (Lipinski definition) is 7. The molecule has 0 bridgehead atoms. The zero-order chi connectivity index (χ0) is 41.8. The Kier molecular flexibility index (Phi) is 78.3. The maximum absolute atomic E-state index is 10.4. The Labute approximate surface area is 321 Å². The predicted octanol–water partition coefficient (Wildman–Crippen LogP) is 9.92. The monoisotopic (exact) mass is 738 g/mol. The topological polar surface area (TPSA) is 95.0 Å². The van der Waals surface area contributed by atoms with Gasteiger partial charge in [-0.1, -0.05) is 72.2 Å². The lowest BCUT2D eigenvalue weighted by molar-refractivity contribution is -0.128. The summed E-state index contributed by atoms with van der Waals surface area (Å²) in [5.41, 5.74) is 2.37. The molecule has 0 unspecified atom stereocenters. The summed E-state index contributed by atoms with van der Waals surface area (Å²) < 4.78 is 5.04. The van der Waals surface area contributed by atoms with E-state index in [1.807, 2.05) is 62.3 Å². The molecule has 3 amide bonds. The molecule has 51 heavy (non-hydrogen) atoms. The molecule has 10 heteroatoms. The Morgan fingerprint density at radius 3 is 1.02 bits per heavy atom. The lowest BCUT2D eigenvalue weighted by Gasteiger charge is -2.09. The van der Waals surface area contributed by atoms with Crippen LogP contribution in [0, 0.1) is 5.92 Å². The van der Waals surface area contributed by atoms with Crippen LogP contribution in [0.4, 0.5) is 0 Å². The van der Waals surface area contributed by atoms with Crippen LogP contribution in [0.2, 0.25) is 0 Å². The van der Waals surface area contributed by atoms with Crippen molar-refractivity contribution in [1.29, 1.82) is 0 Å². The van der Waals surface area contributed by atoms with Crippen molar-refractivity contribution in [2.75, 3.05) is 75.1 Å². The van der Waals surface area contributed by atoms with E-state index in [-0.39, 0.29) is 25.1 Å². The lowest BCUT2D eigenvalue weighted by atomic mass is 10.2. The minimum Gasteiger partial charge on any atom is -0.396 e. The van der Waals surface area contributed by atoms with Crippen molar-refractivity contribution in [2.45, 2.75) is 157 Å². The zero-order valence-corrected chi connectivity index (χ0v) is 38.2. The summed E-state index contributed by atoms with van der Waals surface area (Å²) in [6.45, 7) is 40.0. The Morgan fingerprint density at radius 2 is 1.00 bits per heavy atom. The first-order valence-corrected chi connectivity index (χ1v) is 18.6. The van der Waals surface area contributed by atoms with Crippen molar-refractivity contribution in [3.8, 4) is 0 Å². The van der Waals surface area contributed by atoms with E-state index in [1.165, 1.54) is 18.4 Å². The van der Waals surface area contributed by atoms with Gasteiger partial charge < -0.3 is 29.2 Å². The van der Waals surface area contributed by atoms with Crippen LogP contribution in [0.3, 0.4) is 0 Å². The first kappa shape index (κ1) is 70.2. The summed E-state index contributed by atoms with van der Waals surface area (Å²) in [7, 11) is 11.2. The van der Waals surface area contributed by atoms with Gasteiger partial charge in [-0.15, -0.1) is 0 Å². The fourth-order valence-electron chi connectivity index (χ4n) is 1.70. The van der Waals surface area contributed by atoms with Crippen molar-refractivity contribution in [3.63, 3.8) is 0 Å². The summed E-state index contributed by atoms with van der Waals surface area (Å²) in [4.78, 5) is 42.7. The quantitative estimate of drug-likeness (QED) is 0.126. The van der Waals surface area contributed by atoms with Gasteiger partial charge in [0.15, 0.2) is 0 Å². The molecule has 0 saturated carbocycles. The molecule has 0 radical (unpaired) electrons. The average Bonchev–Trinajstić information content (AvgIpc) is 3.04. The van der Waals surface area contributed by atoms with Crippen LogP contribution >= 0.6 is 0 Å². The van der Waals surface area contributed by atoms with Gasteiger partial charge in [0.1, 0.15) is 6.61 Å². The minimum absolute atomic E-state index is 0. The molecule has 0 fully saturated rings. The van der Waals surface area contributed by atoms with Crippen molar-refractivity contribution in [3.05, 3.63) is 11.6 Å². The predicted molar refractivity (Wildman–Crippen MR) is 230 cm³/mol. The number of allylic oxidation sites excluding steroid dienone is 2. The van der Waals surface area contributed by atoms with Gasteiger partial charge in [0, 0.05) is 68.2 Å². The van der Waals surface area contributed by atoms with Crippen LogP contribution in [-0.2, 0) is 24.0 Å². The van der Waals surface area contributed by atoms with E-state index >= 15 is 0 Å². The maximum atomic E-state index is 10.4. The van der Waals surface area contributed by atoms with E-state index in [9.17, 15) is 14.4 Å². The van der Waals surface area contributed by atoms with Crippen molar-refractivity contribution in [2.24, 2.45) is 11.1 Å². The van der Waals surface area contributed by atoms with Gasteiger partial charge in [0.05, 0.1) is 11.8 Å². The molecule has 0 aliphatic rings. The highest BCUT2D eigenvalue weighted by Gasteiger charge is 1.95. The highest BCUT2D eigenvalue weighted by atomic mass is 16.6. The number of ether oxygens (including phenoxy) is 1. The number of hydrogen-bond donors (Lipinski definition) is 0. The van der Waals surface area contributed by atoms with Crippen molar-refractivity contribution >= 4 is 23.4 Å². The number of amides is 3. The second-order valence-electron chi connectivity index (χ2n) is 12.6. The lowest BCUT2D eigenvalue weighted by Crippen LogP contribution is -2.22. The number of carbonyl (C=O) groups is 3. The molecule has 0 aliphatic carbocycles. The molecule has 0 spiro atoms. The molecular weight excluding hydrogens is 642 g/mol. The second kappa shape index (κ2) is 56.9. The van der Waals surface area contributed by atoms with Gasteiger partial charge >= 0.3 is 0 Å². The first-order valence-electron chi connectivity index (χ1n) is 18.6. The number of carbonyl (C=O) groups excluding carboxylic acids is 3. The van der Waals surface area contributed by atoms with Crippen molar-refractivity contribution < 1.29 is 24.0 Å². The molecule has 10 nitrogen and oxygen atoms in total. The highest BCUT2D eigenvalue weighted by molar-refractivity contribution is 5.78. The van der Waals surface area contributed by atoms with Crippen LogP contribution < -0.4 is 0 Å². The van der Waals surface area contributed by atoms with E-state index in [1.54, 1.807) is 56.7 Å². The fourth-order valence-corrected chi connectivity index (χ4v) is 1.70. The van der Waals surface area contributed by atoms with E-state index in [0.29, 0.717) is 19.1 Å². The molecule has 0 aliphatic heterocycles. The van der Waals surface area contributed by atoms with Gasteiger partial charge in [-0.05, 0) is 102 Å². The Balaban J connectivity index is -0.0000000565. The molecular formula is C41H95N5O5. The third-order valence-corrected chi connectivity index (χ3v) is 5.76. The van der Waals surface area contributed by atoms with Gasteiger partial charge in [-0.3, -0.25) is 14.4 Å². The number of rotatable bonds is 10. The summed E-state index contributed by atoms with van der Waals surface area (Å²) in [5, 5.41) is 3.66. The summed E-state index contributed by atoms with van der Waals surface area (Å²) in [6, 6.07) is 0. The van der Waals surface area contributed by atoms with E-state index in [4.69, 9.17) is 4.74 Å². The molecule has 0 rings (SSSR count). The van der Waals surface area contributed by atoms with Crippen LogP contribution in [-0.4, -0.2) is 124 Å².